The SMILES string of the molecule is CCOC(=O)C1(C[C@H]2CCCCO2)CCN(Cc2cccnc2)CC1. The summed E-state index contributed by atoms with van der Waals surface area (Å²) in [6.45, 7) is 5.90. The van der Waals surface area contributed by atoms with Gasteiger partial charge in [0.25, 0.3) is 0 Å². The number of piperidine rings is 1. The van der Waals surface area contributed by atoms with Gasteiger partial charge in [0, 0.05) is 25.5 Å². The van der Waals surface area contributed by atoms with Crippen LogP contribution in [0.2, 0.25) is 0 Å². The quantitative estimate of drug-likeness (QED) is 0.741. The highest BCUT2D eigenvalue weighted by atomic mass is 16.5. The first-order valence-corrected chi connectivity index (χ1v) is 9.62. The van der Waals surface area contributed by atoms with E-state index in [-0.39, 0.29) is 17.5 Å². The Morgan fingerprint density at radius 2 is 2.24 bits per heavy atom. The molecule has 2 aliphatic rings. The van der Waals surface area contributed by atoms with Crippen LogP contribution in [0.5, 0.6) is 0 Å². The molecule has 0 bridgehead atoms. The van der Waals surface area contributed by atoms with Gasteiger partial charge in [0.2, 0.25) is 0 Å². The Balaban J connectivity index is 1.62. The van der Waals surface area contributed by atoms with Crippen LogP contribution in [-0.2, 0) is 20.8 Å². The second kappa shape index (κ2) is 8.77. The minimum atomic E-state index is -0.372. The maximum absolute atomic E-state index is 12.8. The normalized spacial score (nSPS) is 24.0. The number of nitrogens with zero attached hydrogens (tertiary/aromatic N) is 2. The molecule has 2 saturated heterocycles. The zero-order valence-electron chi connectivity index (χ0n) is 15.3. The van der Waals surface area contributed by atoms with E-state index in [1.54, 1.807) is 6.20 Å². The van der Waals surface area contributed by atoms with Crippen molar-refractivity contribution < 1.29 is 14.3 Å². The molecule has 1 aromatic heterocycles. The fraction of sp³-hybridized carbons (Fsp3) is 0.700. The van der Waals surface area contributed by atoms with Gasteiger partial charge in [-0.3, -0.25) is 14.7 Å². The zero-order valence-corrected chi connectivity index (χ0v) is 15.3. The number of hydrogen-bond donors (Lipinski definition) is 0. The van der Waals surface area contributed by atoms with E-state index in [9.17, 15) is 4.79 Å². The number of pyridine rings is 1. The molecule has 0 radical (unpaired) electrons. The number of carbonyl (C=O) groups excluding carboxylic acids is 1. The lowest BCUT2D eigenvalue weighted by molar-refractivity contribution is -0.162. The first-order valence-electron chi connectivity index (χ1n) is 9.62. The Bertz CT molecular complexity index is 535. The van der Waals surface area contributed by atoms with Crippen molar-refractivity contribution in [2.45, 2.75) is 58.1 Å². The van der Waals surface area contributed by atoms with Gasteiger partial charge in [0.15, 0.2) is 0 Å². The van der Waals surface area contributed by atoms with E-state index in [4.69, 9.17) is 9.47 Å². The molecule has 0 unspecified atom stereocenters. The van der Waals surface area contributed by atoms with Gasteiger partial charge < -0.3 is 9.47 Å². The van der Waals surface area contributed by atoms with Crippen LogP contribution in [0.3, 0.4) is 0 Å². The van der Waals surface area contributed by atoms with Gasteiger partial charge in [0.05, 0.1) is 18.1 Å². The molecule has 3 heterocycles. The van der Waals surface area contributed by atoms with Gasteiger partial charge in [0.1, 0.15) is 0 Å². The van der Waals surface area contributed by atoms with Crippen molar-refractivity contribution >= 4 is 5.97 Å². The van der Waals surface area contributed by atoms with Crippen molar-refractivity contribution in [1.29, 1.82) is 0 Å². The predicted octanol–water partition coefficient (Wildman–Crippen LogP) is 3.19. The largest absolute Gasteiger partial charge is 0.466 e. The molecule has 5 heteroatoms. The fourth-order valence-corrected chi connectivity index (χ4v) is 4.07. The van der Waals surface area contributed by atoms with E-state index in [2.05, 4.69) is 16.0 Å². The average molecular weight is 346 g/mol. The number of aromatic nitrogens is 1. The highest BCUT2D eigenvalue weighted by Gasteiger charge is 2.44. The second-order valence-electron chi connectivity index (χ2n) is 7.33. The van der Waals surface area contributed by atoms with Crippen molar-refractivity contribution in [3.05, 3.63) is 30.1 Å². The van der Waals surface area contributed by atoms with E-state index in [0.717, 1.165) is 58.3 Å². The molecule has 138 valence electrons. The first-order chi connectivity index (χ1) is 12.2. The molecule has 25 heavy (non-hydrogen) atoms. The first kappa shape index (κ1) is 18.3. The molecular formula is C20H30N2O3. The Morgan fingerprint density at radius 1 is 1.40 bits per heavy atom. The molecule has 1 aromatic rings. The zero-order chi connectivity index (χ0) is 17.5. The van der Waals surface area contributed by atoms with Crippen LogP contribution in [0.25, 0.3) is 0 Å². The van der Waals surface area contributed by atoms with Crippen LogP contribution in [0, 0.1) is 5.41 Å². The summed E-state index contributed by atoms with van der Waals surface area (Å²) in [4.78, 5) is 19.4. The third-order valence-electron chi connectivity index (χ3n) is 5.54. The van der Waals surface area contributed by atoms with Crippen molar-refractivity contribution in [3.8, 4) is 0 Å². The molecule has 2 fully saturated rings. The molecule has 0 aromatic carbocycles. The molecular weight excluding hydrogens is 316 g/mol. The lowest BCUT2D eigenvalue weighted by atomic mass is 9.73. The van der Waals surface area contributed by atoms with Gasteiger partial charge in [-0.25, -0.2) is 0 Å². The number of rotatable bonds is 6. The second-order valence-corrected chi connectivity index (χ2v) is 7.33. The summed E-state index contributed by atoms with van der Waals surface area (Å²) in [5, 5.41) is 0. The van der Waals surface area contributed by atoms with E-state index >= 15 is 0 Å². The molecule has 2 aliphatic heterocycles. The van der Waals surface area contributed by atoms with E-state index in [1.807, 2.05) is 19.2 Å². The number of hydrogen-bond acceptors (Lipinski definition) is 5. The summed E-state index contributed by atoms with van der Waals surface area (Å²) < 4.78 is 11.4. The molecule has 0 saturated carbocycles. The Kier molecular flexibility index (Phi) is 6.43. The van der Waals surface area contributed by atoms with E-state index in [0.29, 0.717) is 6.61 Å². The highest BCUT2D eigenvalue weighted by molar-refractivity contribution is 5.77. The smallest absolute Gasteiger partial charge is 0.312 e. The number of likely N-dealkylation sites (tertiary alicyclic amines) is 1. The highest BCUT2D eigenvalue weighted by Crippen LogP contribution is 2.40. The summed E-state index contributed by atoms with van der Waals surface area (Å²) in [5.41, 5.74) is 0.852. The predicted molar refractivity (Wildman–Crippen MR) is 96.0 cm³/mol. The van der Waals surface area contributed by atoms with Gasteiger partial charge in [-0.2, -0.15) is 0 Å². The monoisotopic (exact) mass is 346 g/mol. The summed E-state index contributed by atoms with van der Waals surface area (Å²) in [7, 11) is 0. The van der Waals surface area contributed by atoms with Crippen molar-refractivity contribution in [2.75, 3.05) is 26.3 Å². The summed E-state index contributed by atoms with van der Waals surface area (Å²) >= 11 is 0. The summed E-state index contributed by atoms with van der Waals surface area (Å²) in [6, 6.07) is 4.08. The minimum Gasteiger partial charge on any atom is -0.466 e. The molecule has 1 atom stereocenters. The summed E-state index contributed by atoms with van der Waals surface area (Å²) in [6.07, 6.45) is 9.87. The van der Waals surface area contributed by atoms with Gasteiger partial charge in [-0.15, -0.1) is 0 Å². The van der Waals surface area contributed by atoms with Gasteiger partial charge >= 0.3 is 5.97 Å². The number of ether oxygens (including phenoxy) is 2. The Morgan fingerprint density at radius 3 is 2.88 bits per heavy atom. The molecule has 0 amide bonds. The van der Waals surface area contributed by atoms with E-state index < -0.39 is 0 Å². The van der Waals surface area contributed by atoms with Crippen LogP contribution in [0.4, 0.5) is 0 Å². The number of carbonyl (C=O) groups is 1. The molecule has 0 aliphatic carbocycles. The third kappa shape index (κ3) is 4.79. The fourth-order valence-electron chi connectivity index (χ4n) is 4.07. The van der Waals surface area contributed by atoms with Crippen molar-refractivity contribution in [3.63, 3.8) is 0 Å². The maximum Gasteiger partial charge on any atom is 0.312 e. The van der Waals surface area contributed by atoms with Gasteiger partial charge in [-0.05, 0) is 70.2 Å². The lowest BCUT2D eigenvalue weighted by Crippen LogP contribution is -2.47. The average Bonchev–Trinajstić information content (AvgIpc) is 2.65. The van der Waals surface area contributed by atoms with Crippen LogP contribution in [0.15, 0.2) is 24.5 Å². The van der Waals surface area contributed by atoms with Crippen molar-refractivity contribution in [2.24, 2.45) is 5.41 Å². The van der Waals surface area contributed by atoms with Crippen molar-refractivity contribution in [1.82, 2.24) is 9.88 Å². The van der Waals surface area contributed by atoms with Crippen LogP contribution in [0.1, 0.15) is 51.0 Å². The Hall–Kier alpha value is -1.46. The van der Waals surface area contributed by atoms with Gasteiger partial charge in [-0.1, -0.05) is 6.07 Å². The maximum atomic E-state index is 12.8. The molecule has 5 nitrogen and oxygen atoms in total. The van der Waals surface area contributed by atoms with Crippen LogP contribution in [-0.4, -0.2) is 48.3 Å². The topological polar surface area (TPSA) is 51.7 Å². The lowest BCUT2D eigenvalue weighted by Gasteiger charge is -2.42. The summed E-state index contributed by atoms with van der Waals surface area (Å²) in [5.74, 6) is -0.0230. The third-order valence-corrected chi connectivity index (χ3v) is 5.54. The molecule has 0 N–H and O–H groups in total. The molecule has 3 rings (SSSR count). The van der Waals surface area contributed by atoms with Crippen LogP contribution < -0.4 is 0 Å². The van der Waals surface area contributed by atoms with Crippen LogP contribution >= 0.6 is 0 Å². The molecule has 0 spiro atoms. The Labute approximate surface area is 150 Å². The number of esters is 1. The van der Waals surface area contributed by atoms with E-state index in [1.165, 1.54) is 12.0 Å². The standard InChI is InChI=1S/C20H30N2O3/c1-2-24-19(23)20(14-18-7-3-4-13-25-18)8-11-22(12-9-20)16-17-6-5-10-21-15-17/h5-6,10,15,18H,2-4,7-9,11-14,16H2,1H3/t18-/m1/s1. The minimum absolute atomic E-state index is 0.0230.